The van der Waals surface area contributed by atoms with Gasteiger partial charge >= 0.3 is 0 Å². The van der Waals surface area contributed by atoms with Crippen LogP contribution < -0.4 is 0 Å². The molecule has 1 saturated heterocycles. The number of rotatable bonds is 7. The molecule has 0 aliphatic carbocycles. The lowest BCUT2D eigenvalue weighted by molar-refractivity contribution is 0.0326. The molecule has 0 amide bonds. The van der Waals surface area contributed by atoms with Gasteiger partial charge in [0.15, 0.2) is 11.6 Å². The lowest BCUT2D eigenvalue weighted by atomic mass is 9.89. The highest BCUT2D eigenvalue weighted by atomic mass is 19.2. The molecule has 1 aliphatic heterocycles. The third-order valence-electron chi connectivity index (χ3n) is 6.65. The van der Waals surface area contributed by atoms with Crippen molar-refractivity contribution in [2.45, 2.75) is 58.0 Å². The molecule has 1 nitrogen and oxygen atoms in total. The molecule has 0 radical (unpaired) electrons. The predicted octanol–water partition coefficient (Wildman–Crippen LogP) is 8.62. The second-order valence-corrected chi connectivity index (χ2v) is 8.99. The Kier molecular flexibility index (Phi) is 7.89. The summed E-state index contributed by atoms with van der Waals surface area (Å²) < 4.78 is 50.1. The maximum absolute atomic E-state index is 15.0. The van der Waals surface area contributed by atoms with E-state index in [0.29, 0.717) is 35.3 Å². The summed E-state index contributed by atoms with van der Waals surface area (Å²) >= 11 is 0. The topological polar surface area (TPSA) is 9.23 Å². The first kappa shape index (κ1) is 24.3. The highest BCUT2D eigenvalue weighted by Gasteiger charge is 2.22. The average molecular weight is 465 g/mol. The minimum atomic E-state index is -0.830. The molecule has 0 saturated carbocycles. The quantitative estimate of drug-likeness (QED) is 0.318. The number of hydrogen-bond acceptors (Lipinski definition) is 1. The highest BCUT2D eigenvalue weighted by molar-refractivity contribution is 5.71. The molecule has 1 heterocycles. The van der Waals surface area contributed by atoms with Crippen molar-refractivity contribution in [1.82, 2.24) is 0 Å². The molecular formula is C30H31F3O. The number of benzene rings is 3. The van der Waals surface area contributed by atoms with Crippen molar-refractivity contribution in [2.24, 2.45) is 0 Å². The van der Waals surface area contributed by atoms with Crippen LogP contribution >= 0.6 is 0 Å². The van der Waals surface area contributed by atoms with Gasteiger partial charge in [-0.3, -0.25) is 0 Å². The fraction of sp³-hybridized carbons (Fsp3) is 0.333. The van der Waals surface area contributed by atoms with E-state index < -0.39 is 11.6 Å². The Morgan fingerprint density at radius 2 is 1.59 bits per heavy atom. The molecule has 4 rings (SSSR count). The van der Waals surface area contributed by atoms with Gasteiger partial charge in [0.05, 0.1) is 12.7 Å². The lowest BCUT2D eigenvalue weighted by Gasteiger charge is -2.28. The third kappa shape index (κ3) is 5.28. The zero-order chi connectivity index (χ0) is 24.1. The zero-order valence-electron chi connectivity index (χ0n) is 19.8. The smallest absolute Gasteiger partial charge is 0.166 e. The van der Waals surface area contributed by atoms with Gasteiger partial charge in [0.1, 0.15) is 5.82 Å². The minimum Gasteiger partial charge on any atom is -0.374 e. The molecule has 3 aromatic carbocycles. The summed E-state index contributed by atoms with van der Waals surface area (Å²) in [6, 6.07) is 15.6. The Hall–Kier alpha value is -2.85. The van der Waals surface area contributed by atoms with Crippen molar-refractivity contribution in [3.05, 3.63) is 95.3 Å². The van der Waals surface area contributed by atoms with Crippen LogP contribution in [0, 0.1) is 17.5 Å². The van der Waals surface area contributed by atoms with Crippen LogP contribution in [-0.4, -0.2) is 12.7 Å². The van der Waals surface area contributed by atoms with Crippen LogP contribution in [0.3, 0.4) is 0 Å². The standard InChI is InChI=1S/C30H31F3O/c1-3-5-7-22-13-17-27(30(33)29(22)32)21-10-8-20(9-11-21)26-16-14-23(18-28(26)31)24-12-15-25(6-4-2)34-19-24/h4,6,8-11,13-14,16-18,24-25H,3,5,7,12,15,19H2,1-2H3. The van der Waals surface area contributed by atoms with Gasteiger partial charge in [0, 0.05) is 17.0 Å². The molecule has 2 unspecified atom stereocenters. The molecule has 0 aromatic heterocycles. The summed E-state index contributed by atoms with van der Waals surface area (Å²) in [4.78, 5) is 0. The van der Waals surface area contributed by atoms with Gasteiger partial charge in [-0.1, -0.05) is 74.0 Å². The molecule has 178 valence electrons. The van der Waals surface area contributed by atoms with Crippen LogP contribution in [0.2, 0.25) is 0 Å². The third-order valence-corrected chi connectivity index (χ3v) is 6.65. The molecule has 3 aromatic rings. The van der Waals surface area contributed by atoms with Crippen LogP contribution in [0.4, 0.5) is 13.2 Å². The number of halogens is 3. The Morgan fingerprint density at radius 1 is 0.882 bits per heavy atom. The molecular weight excluding hydrogens is 433 g/mol. The first-order valence-electron chi connectivity index (χ1n) is 12.1. The van der Waals surface area contributed by atoms with Gasteiger partial charge < -0.3 is 4.74 Å². The Labute approximate surface area is 200 Å². The molecule has 0 bridgehead atoms. The van der Waals surface area contributed by atoms with Gasteiger partial charge in [-0.25, -0.2) is 13.2 Å². The van der Waals surface area contributed by atoms with Gasteiger partial charge in [0.25, 0.3) is 0 Å². The maximum Gasteiger partial charge on any atom is 0.166 e. The van der Waals surface area contributed by atoms with E-state index in [0.717, 1.165) is 31.2 Å². The summed E-state index contributed by atoms with van der Waals surface area (Å²) in [5.74, 6) is -1.72. The summed E-state index contributed by atoms with van der Waals surface area (Å²) in [7, 11) is 0. The van der Waals surface area contributed by atoms with Crippen LogP contribution in [0.25, 0.3) is 22.3 Å². The molecule has 0 spiro atoms. The van der Waals surface area contributed by atoms with Crippen LogP contribution in [-0.2, 0) is 11.2 Å². The summed E-state index contributed by atoms with van der Waals surface area (Å²) in [6.45, 7) is 4.59. The first-order chi connectivity index (χ1) is 16.5. The van der Waals surface area contributed by atoms with E-state index in [1.807, 2.05) is 26.0 Å². The lowest BCUT2D eigenvalue weighted by Crippen LogP contribution is -2.23. The van der Waals surface area contributed by atoms with E-state index in [4.69, 9.17) is 4.74 Å². The van der Waals surface area contributed by atoms with Gasteiger partial charge in [-0.2, -0.15) is 0 Å². The van der Waals surface area contributed by atoms with Crippen LogP contribution in [0.1, 0.15) is 56.6 Å². The van der Waals surface area contributed by atoms with E-state index in [2.05, 4.69) is 6.08 Å². The Bertz CT molecular complexity index is 1140. The van der Waals surface area contributed by atoms with Crippen molar-refractivity contribution >= 4 is 0 Å². The zero-order valence-corrected chi connectivity index (χ0v) is 19.8. The van der Waals surface area contributed by atoms with Crippen LogP contribution in [0.5, 0.6) is 0 Å². The monoisotopic (exact) mass is 464 g/mol. The van der Waals surface area contributed by atoms with Gasteiger partial charge in [-0.05, 0) is 60.9 Å². The highest BCUT2D eigenvalue weighted by Crippen LogP contribution is 2.33. The number of ether oxygens (including phenoxy) is 1. The minimum absolute atomic E-state index is 0.148. The number of unbranched alkanes of at least 4 members (excludes halogenated alkanes) is 1. The summed E-state index contributed by atoms with van der Waals surface area (Å²) in [6.07, 6.45) is 8.36. The molecule has 4 heteroatoms. The van der Waals surface area contributed by atoms with Crippen molar-refractivity contribution in [1.29, 1.82) is 0 Å². The number of aryl methyl sites for hydroxylation is 1. The fourth-order valence-corrected chi connectivity index (χ4v) is 4.62. The Balaban J connectivity index is 1.51. The number of hydrogen-bond donors (Lipinski definition) is 0. The van der Waals surface area contributed by atoms with E-state index >= 15 is 4.39 Å². The summed E-state index contributed by atoms with van der Waals surface area (Å²) in [5, 5.41) is 0. The number of allylic oxidation sites excluding steroid dienone is 1. The maximum atomic E-state index is 15.0. The molecule has 0 N–H and O–H groups in total. The van der Waals surface area contributed by atoms with E-state index in [-0.39, 0.29) is 23.4 Å². The predicted molar refractivity (Wildman–Crippen MR) is 132 cm³/mol. The van der Waals surface area contributed by atoms with E-state index in [9.17, 15) is 8.78 Å². The SMILES string of the molecule is CC=CC1CCC(c2ccc(-c3ccc(-c4ccc(CCCC)c(F)c4F)cc3)c(F)c2)CO1. The van der Waals surface area contributed by atoms with E-state index in [1.54, 1.807) is 48.5 Å². The fourth-order valence-electron chi connectivity index (χ4n) is 4.62. The van der Waals surface area contributed by atoms with Crippen molar-refractivity contribution in [3.63, 3.8) is 0 Å². The van der Waals surface area contributed by atoms with Gasteiger partial charge in [0.2, 0.25) is 0 Å². The molecule has 1 fully saturated rings. The van der Waals surface area contributed by atoms with Crippen molar-refractivity contribution in [2.75, 3.05) is 6.61 Å². The normalized spacial score (nSPS) is 18.5. The van der Waals surface area contributed by atoms with E-state index in [1.165, 1.54) is 0 Å². The first-order valence-corrected chi connectivity index (χ1v) is 12.1. The van der Waals surface area contributed by atoms with Crippen LogP contribution in [0.15, 0.2) is 66.7 Å². The molecule has 34 heavy (non-hydrogen) atoms. The van der Waals surface area contributed by atoms with Crippen molar-refractivity contribution in [3.8, 4) is 22.3 Å². The summed E-state index contributed by atoms with van der Waals surface area (Å²) in [5.41, 5.74) is 3.31. The molecule has 1 aliphatic rings. The second-order valence-electron chi connectivity index (χ2n) is 8.99. The largest absolute Gasteiger partial charge is 0.374 e. The second kappa shape index (κ2) is 11.1. The van der Waals surface area contributed by atoms with Gasteiger partial charge in [-0.15, -0.1) is 0 Å². The molecule has 2 atom stereocenters. The van der Waals surface area contributed by atoms with Crippen molar-refractivity contribution < 1.29 is 17.9 Å². The Morgan fingerprint density at radius 3 is 2.21 bits per heavy atom. The average Bonchev–Trinajstić information content (AvgIpc) is 2.86.